The fourth-order valence-corrected chi connectivity index (χ4v) is 3.85. The fourth-order valence-electron chi connectivity index (χ4n) is 3.85. The Morgan fingerprint density at radius 1 is 1.20 bits per heavy atom. The van der Waals surface area contributed by atoms with Crippen molar-refractivity contribution in [2.24, 2.45) is 0 Å². The lowest BCUT2D eigenvalue weighted by molar-refractivity contribution is -0.197. The number of morpholine rings is 1. The van der Waals surface area contributed by atoms with Crippen LogP contribution < -0.4 is 10.1 Å². The van der Waals surface area contributed by atoms with Gasteiger partial charge in [0, 0.05) is 6.54 Å². The molecule has 3 aliphatic rings. The Bertz CT molecular complexity index is 772. The number of alkyl halides is 3. The van der Waals surface area contributed by atoms with Crippen molar-refractivity contribution in [3.05, 3.63) is 29.8 Å². The molecule has 10 heteroatoms. The van der Waals surface area contributed by atoms with Gasteiger partial charge in [-0.25, -0.2) is 4.79 Å². The van der Waals surface area contributed by atoms with Crippen molar-refractivity contribution >= 4 is 11.9 Å². The van der Waals surface area contributed by atoms with E-state index < -0.39 is 17.7 Å². The number of carboxylic acid groups (broad SMARTS) is 1. The van der Waals surface area contributed by atoms with Gasteiger partial charge in [0.15, 0.2) is 0 Å². The molecule has 2 aliphatic heterocycles. The van der Waals surface area contributed by atoms with Crippen LogP contribution in [0.1, 0.15) is 31.2 Å². The van der Waals surface area contributed by atoms with Gasteiger partial charge in [-0.2, -0.15) is 13.2 Å². The molecular weight excluding hydrogens is 405 g/mol. The molecule has 4 rings (SSSR count). The molecule has 1 aliphatic carbocycles. The summed E-state index contributed by atoms with van der Waals surface area (Å²) in [6.07, 6.45) is -1.36. The van der Waals surface area contributed by atoms with Crippen LogP contribution in [0, 0.1) is 0 Å². The number of amides is 1. The van der Waals surface area contributed by atoms with E-state index in [0.717, 1.165) is 50.1 Å². The summed E-state index contributed by atoms with van der Waals surface area (Å²) in [6, 6.07) is 7.98. The molecular formula is C20H25F3N2O5. The molecule has 1 aromatic carbocycles. The number of halogens is 3. The van der Waals surface area contributed by atoms with Crippen molar-refractivity contribution in [2.45, 2.75) is 49.6 Å². The van der Waals surface area contributed by atoms with Crippen LogP contribution in [0.3, 0.4) is 0 Å². The number of rotatable bonds is 3. The second kappa shape index (κ2) is 8.43. The number of benzene rings is 1. The molecule has 166 valence electrons. The molecule has 0 atom stereocenters. The highest BCUT2D eigenvalue weighted by molar-refractivity contribution is 5.89. The van der Waals surface area contributed by atoms with E-state index in [1.54, 1.807) is 7.11 Å². The van der Waals surface area contributed by atoms with E-state index in [0.29, 0.717) is 13.1 Å². The Balaban J connectivity index is 0.000000318. The minimum Gasteiger partial charge on any atom is -0.497 e. The van der Waals surface area contributed by atoms with Gasteiger partial charge in [0.05, 0.1) is 19.3 Å². The molecule has 1 aromatic rings. The van der Waals surface area contributed by atoms with Crippen LogP contribution in [0.15, 0.2) is 24.3 Å². The van der Waals surface area contributed by atoms with E-state index >= 15 is 0 Å². The quantitative estimate of drug-likeness (QED) is 0.766. The van der Waals surface area contributed by atoms with Crippen molar-refractivity contribution < 1.29 is 37.3 Å². The molecule has 7 nitrogen and oxygen atoms in total. The second-order valence-electron chi connectivity index (χ2n) is 7.84. The average molecular weight is 430 g/mol. The molecule has 3 fully saturated rings. The number of nitrogens with one attached hydrogen (secondary N) is 1. The van der Waals surface area contributed by atoms with Crippen molar-refractivity contribution in [2.75, 3.05) is 26.7 Å². The van der Waals surface area contributed by atoms with Gasteiger partial charge in [0.25, 0.3) is 5.91 Å². The van der Waals surface area contributed by atoms with Crippen LogP contribution in [0.5, 0.6) is 5.75 Å². The zero-order valence-electron chi connectivity index (χ0n) is 16.6. The summed E-state index contributed by atoms with van der Waals surface area (Å²) < 4.78 is 43.3. The summed E-state index contributed by atoms with van der Waals surface area (Å²) in [5.74, 6) is -1.74. The molecule has 1 saturated carbocycles. The lowest BCUT2D eigenvalue weighted by Crippen LogP contribution is -2.62. The Kier molecular flexibility index (Phi) is 6.28. The first kappa shape index (κ1) is 22.4. The standard InChI is InChI=1S/C18H24N2O3.C2HF3O2/c1-22-15-4-2-14(3-5-15)12-20-13-17(8-10-19-11-9-17)23-18(6-7-18)16(20)21;3-2(4,5)1(6)7/h2-5,19H,6-13H2,1H3;(H,6,7). The maximum absolute atomic E-state index is 12.8. The smallest absolute Gasteiger partial charge is 0.490 e. The number of ether oxygens (including phenoxy) is 2. The first-order chi connectivity index (χ1) is 14.1. The molecule has 0 aromatic heterocycles. The minimum atomic E-state index is -5.08. The zero-order chi connectivity index (χ0) is 22.0. The summed E-state index contributed by atoms with van der Waals surface area (Å²) in [7, 11) is 1.66. The number of hydrogen-bond acceptors (Lipinski definition) is 5. The summed E-state index contributed by atoms with van der Waals surface area (Å²) >= 11 is 0. The number of hydrogen-bond donors (Lipinski definition) is 2. The van der Waals surface area contributed by atoms with E-state index in [1.807, 2.05) is 29.2 Å². The van der Waals surface area contributed by atoms with E-state index in [9.17, 15) is 18.0 Å². The highest BCUT2D eigenvalue weighted by Crippen LogP contribution is 2.49. The predicted molar refractivity (Wildman–Crippen MR) is 100.0 cm³/mol. The van der Waals surface area contributed by atoms with Gasteiger partial charge in [-0.3, -0.25) is 4.79 Å². The number of aliphatic carboxylic acids is 1. The summed E-state index contributed by atoms with van der Waals surface area (Å²) in [5.41, 5.74) is 0.477. The summed E-state index contributed by atoms with van der Waals surface area (Å²) in [4.78, 5) is 23.7. The van der Waals surface area contributed by atoms with Crippen LogP contribution in [-0.4, -0.2) is 66.0 Å². The van der Waals surface area contributed by atoms with E-state index in [4.69, 9.17) is 19.4 Å². The molecule has 2 N–H and O–H groups in total. The van der Waals surface area contributed by atoms with Crippen LogP contribution in [0.2, 0.25) is 0 Å². The second-order valence-corrected chi connectivity index (χ2v) is 7.84. The molecule has 0 bridgehead atoms. The Labute approximate surface area is 172 Å². The van der Waals surface area contributed by atoms with Crippen LogP contribution >= 0.6 is 0 Å². The van der Waals surface area contributed by atoms with Crippen LogP contribution in [0.4, 0.5) is 13.2 Å². The molecule has 1 amide bonds. The third-order valence-corrected chi connectivity index (χ3v) is 5.56. The van der Waals surface area contributed by atoms with Crippen molar-refractivity contribution in [3.8, 4) is 5.75 Å². The topological polar surface area (TPSA) is 88.1 Å². The first-order valence-corrected chi connectivity index (χ1v) is 9.73. The van der Waals surface area contributed by atoms with Gasteiger partial charge in [-0.1, -0.05) is 12.1 Å². The SMILES string of the molecule is COc1ccc(CN2CC3(CCNCC3)OC3(CC3)C2=O)cc1.O=C(O)C(F)(F)F. The Morgan fingerprint density at radius 2 is 1.77 bits per heavy atom. The maximum atomic E-state index is 12.8. The van der Waals surface area contributed by atoms with Gasteiger partial charge in [-0.05, 0) is 56.5 Å². The lowest BCUT2D eigenvalue weighted by atomic mass is 9.88. The number of carbonyl (C=O) groups is 2. The number of nitrogens with zero attached hydrogens (tertiary/aromatic N) is 1. The highest BCUT2D eigenvalue weighted by atomic mass is 19.4. The molecule has 2 heterocycles. The van der Waals surface area contributed by atoms with E-state index in [1.165, 1.54) is 0 Å². The average Bonchev–Trinajstić information content (AvgIpc) is 3.47. The van der Waals surface area contributed by atoms with Crippen molar-refractivity contribution in [3.63, 3.8) is 0 Å². The summed E-state index contributed by atoms with van der Waals surface area (Å²) in [6.45, 7) is 3.31. The maximum Gasteiger partial charge on any atom is 0.490 e. The summed E-state index contributed by atoms with van der Waals surface area (Å²) in [5, 5.41) is 10.5. The number of piperidine rings is 1. The first-order valence-electron chi connectivity index (χ1n) is 9.73. The Morgan fingerprint density at radius 3 is 2.23 bits per heavy atom. The van der Waals surface area contributed by atoms with Gasteiger partial charge < -0.3 is 24.8 Å². The lowest BCUT2D eigenvalue weighted by Gasteiger charge is -2.48. The minimum absolute atomic E-state index is 0.151. The number of methoxy groups -OCH3 is 1. The van der Waals surface area contributed by atoms with Gasteiger partial charge in [0.1, 0.15) is 11.4 Å². The molecule has 2 spiro atoms. The monoisotopic (exact) mass is 430 g/mol. The van der Waals surface area contributed by atoms with E-state index in [-0.39, 0.29) is 11.5 Å². The largest absolute Gasteiger partial charge is 0.497 e. The van der Waals surface area contributed by atoms with Gasteiger partial charge >= 0.3 is 12.1 Å². The molecule has 2 saturated heterocycles. The Hall–Kier alpha value is -2.33. The number of carboxylic acids is 1. The van der Waals surface area contributed by atoms with Gasteiger partial charge in [-0.15, -0.1) is 0 Å². The third kappa shape index (κ3) is 5.04. The van der Waals surface area contributed by atoms with Crippen molar-refractivity contribution in [1.82, 2.24) is 10.2 Å². The third-order valence-electron chi connectivity index (χ3n) is 5.56. The molecule has 0 radical (unpaired) electrons. The van der Waals surface area contributed by atoms with E-state index in [2.05, 4.69) is 5.32 Å². The molecule has 0 unspecified atom stereocenters. The van der Waals surface area contributed by atoms with Crippen molar-refractivity contribution in [1.29, 1.82) is 0 Å². The fraction of sp³-hybridized carbons (Fsp3) is 0.600. The number of carbonyl (C=O) groups excluding carboxylic acids is 1. The van der Waals surface area contributed by atoms with Gasteiger partial charge in [0.2, 0.25) is 0 Å². The normalized spacial score (nSPS) is 21.7. The highest BCUT2D eigenvalue weighted by Gasteiger charge is 2.61. The molecule has 30 heavy (non-hydrogen) atoms. The van der Waals surface area contributed by atoms with Crippen LogP contribution in [-0.2, 0) is 20.9 Å². The predicted octanol–water partition coefficient (Wildman–Crippen LogP) is 2.34. The van der Waals surface area contributed by atoms with Crippen LogP contribution in [0.25, 0.3) is 0 Å². The zero-order valence-corrected chi connectivity index (χ0v) is 16.6.